The lowest BCUT2D eigenvalue weighted by Gasteiger charge is -2.27. The normalized spacial score (nSPS) is 15.6. The quantitative estimate of drug-likeness (QED) is 0.441. The topological polar surface area (TPSA) is 76.1 Å². The molecule has 0 spiro atoms. The molecule has 0 radical (unpaired) electrons. The molecule has 0 aromatic heterocycles. The number of methoxy groups -OCH3 is 1. The molecule has 0 aliphatic carbocycles. The van der Waals surface area contributed by atoms with Gasteiger partial charge in [0.1, 0.15) is 11.5 Å². The van der Waals surface area contributed by atoms with Gasteiger partial charge in [0, 0.05) is 12.1 Å². The third kappa shape index (κ3) is 5.22. The van der Waals surface area contributed by atoms with E-state index in [1.807, 2.05) is 68.4 Å². The highest BCUT2D eigenvalue weighted by molar-refractivity contribution is 6.16. The summed E-state index contributed by atoms with van der Waals surface area (Å²) in [6, 6.07) is 23.2. The number of hydrogen-bond donors (Lipinski definition) is 1. The number of ketones is 1. The Morgan fingerprint density at radius 2 is 1.69 bits per heavy atom. The molecule has 6 heteroatoms. The lowest BCUT2D eigenvalue weighted by molar-refractivity contribution is -0.118. The number of amides is 1. The molecule has 0 fully saturated rings. The third-order valence-electron chi connectivity index (χ3n) is 5.89. The predicted molar refractivity (Wildman–Crippen MR) is 135 cm³/mol. The van der Waals surface area contributed by atoms with E-state index in [1.165, 1.54) is 4.90 Å². The molecule has 1 amide bonds. The minimum absolute atomic E-state index is 0.0379. The van der Waals surface area contributed by atoms with Gasteiger partial charge in [-0.15, -0.1) is 0 Å². The SMILES string of the molecule is COc1ccc(N2C(=O)C(O)=C(C(=O)CCc3ccccc3)C2c2cccc(OC(C)C)c2)cc1. The van der Waals surface area contributed by atoms with Gasteiger partial charge in [0.05, 0.1) is 24.8 Å². The molecule has 35 heavy (non-hydrogen) atoms. The second kappa shape index (κ2) is 10.5. The van der Waals surface area contributed by atoms with Crippen LogP contribution in [0.3, 0.4) is 0 Å². The van der Waals surface area contributed by atoms with E-state index in [0.29, 0.717) is 29.2 Å². The highest BCUT2D eigenvalue weighted by Crippen LogP contribution is 2.42. The molecule has 1 unspecified atom stereocenters. The average Bonchev–Trinajstić information content (AvgIpc) is 3.13. The Hall–Kier alpha value is -4.06. The van der Waals surface area contributed by atoms with Crippen molar-refractivity contribution in [2.24, 2.45) is 0 Å². The minimum Gasteiger partial charge on any atom is -0.503 e. The van der Waals surface area contributed by atoms with Gasteiger partial charge >= 0.3 is 0 Å². The standard InChI is InChI=1S/C29H29NO5/c1-19(2)35-24-11-7-10-21(18-24)27-26(25(31)17-12-20-8-5-4-6-9-20)28(32)29(33)30(27)22-13-15-23(34-3)16-14-22/h4-11,13-16,18-19,27,32H,12,17H2,1-3H3. The van der Waals surface area contributed by atoms with Gasteiger partial charge in [-0.3, -0.25) is 14.5 Å². The molecule has 4 rings (SSSR count). The first-order chi connectivity index (χ1) is 16.9. The van der Waals surface area contributed by atoms with Gasteiger partial charge < -0.3 is 14.6 Å². The number of aliphatic hydroxyl groups is 1. The highest BCUT2D eigenvalue weighted by atomic mass is 16.5. The number of aliphatic hydroxyl groups excluding tert-OH is 1. The summed E-state index contributed by atoms with van der Waals surface area (Å²) in [5, 5.41) is 10.9. The number of carbonyl (C=O) groups excluding carboxylic acids is 2. The summed E-state index contributed by atoms with van der Waals surface area (Å²) in [6.45, 7) is 3.86. The molecule has 180 valence electrons. The zero-order valence-corrected chi connectivity index (χ0v) is 20.1. The van der Waals surface area contributed by atoms with Crippen LogP contribution in [0.1, 0.15) is 37.4 Å². The van der Waals surface area contributed by atoms with Crippen molar-refractivity contribution in [3.05, 3.63) is 101 Å². The first kappa shape index (κ1) is 24.1. The van der Waals surface area contributed by atoms with Gasteiger partial charge in [0.15, 0.2) is 11.5 Å². The summed E-state index contributed by atoms with van der Waals surface area (Å²) < 4.78 is 11.1. The van der Waals surface area contributed by atoms with Crippen LogP contribution in [0, 0.1) is 0 Å². The van der Waals surface area contributed by atoms with Crippen molar-refractivity contribution in [1.82, 2.24) is 0 Å². The molecule has 1 heterocycles. The fraction of sp³-hybridized carbons (Fsp3) is 0.241. The molecule has 0 saturated heterocycles. The van der Waals surface area contributed by atoms with Gasteiger partial charge in [-0.1, -0.05) is 42.5 Å². The number of rotatable bonds is 9. The van der Waals surface area contributed by atoms with Crippen molar-refractivity contribution < 1.29 is 24.2 Å². The predicted octanol–water partition coefficient (Wildman–Crippen LogP) is 5.58. The first-order valence-electron chi connectivity index (χ1n) is 11.6. The molecular formula is C29H29NO5. The highest BCUT2D eigenvalue weighted by Gasteiger charge is 2.44. The molecule has 1 aliphatic heterocycles. The smallest absolute Gasteiger partial charge is 0.294 e. The number of anilines is 1. The van der Waals surface area contributed by atoms with Crippen LogP contribution < -0.4 is 14.4 Å². The van der Waals surface area contributed by atoms with Crippen LogP contribution >= 0.6 is 0 Å². The molecule has 0 bridgehead atoms. The summed E-state index contributed by atoms with van der Waals surface area (Å²) in [5.74, 6) is -0.129. The van der Waals surface area contributed by atoms with Gasteiger partial charge in [0.2, 0.25) is 0 Å². The van der Waals surface area contributed by atoms with Crippen molar-refractivity contribution in [2.45, 2.75) is 38.8 Å². The summed E-state index contributed by atoms with van der Waals surface area (Å²) in [5.41, 5.74) is 2.34. The number of Topliss-reactive ketones (excluding diaryl/α,β-unsaturated/α-hetero) is 1. The van der Waals surface area contributed by atoms with E-state index in [0.717, 1.165) is 5.56 Å². The third-order valence-corrected chi connectivity index (χ3v) is 5.89. The van der Waals surface area contributed by atoms with Crippen LogP contribution in [0.2, 0.25) is 0 Å². The van der Waals surface area contributed by atoms with Gasteiger partial charge in [-0.25, -0.2) is 0 Å². The van der Waals surface area contributed by atoms with Crippen LogP contribution in [0.5, 0.6) is 11.5 Å². The lowest BCUT2D eigenvalue weighted by Crippen LogP contribution is -2.31. The van der Waals surface area contributed by atoms with Crippen LogP contribution in [0.25, 0.3) is 0 Å². The number of hydrogen-bond acceptors (Lipinski definition) is 5. The van der Waals surface area contributed by atoms with Crippen molar-refractivity contribution in [3.8, 4) is 11.5 Å². The molecule has 3 aromatic carbocycles. The minimum atomic E-state index is -0.783. The average molecular weight is 472 g/mol. The maximum absolute atomic E-state index is 13.5. The van der Waals surface area contributed by atoms with E-state index in [2.05, 4.69) is 0 Å². The Labute approximate surface area is 205 Å². The molecule has 6 nitrogen and oxygen atoms in total. The Morgan fingerprint density at radius 3 is 2.34 bits per heavy atom. The van der Waals surface area contributed by atoms with E-state index >= 15 is 0 Å². The second-order valence-electron chi connectivity index (χ2n) is 8.69. The van der Waals surface area contributed by atoms with Crippen LogP contribution in [-0.4, -0.2) is 30.0 Å². The Morgan fingerprint density at radius 1 is 0.971 bits per heavy atom. The van der Waals surface area contributed by atoms with Crippen molar-refractivity contribution in [3.63, 3.8) is 0 Å². The Bertz CT molecular complexity index is 1230. The molecular weight excluding hydrogens is 442 g/mol. The van der Waals surface area contributed by atoms with Crippen molar-refractivity contribution in [2.75, 3.05) is 12.0 Å². The molecule has 1 aliphatic rings. The Balaban J connectivity index is 1.73. The fourth-order valence-corrected chi connectivity index (χ4v) is 4.28. The lowest BCUT2D eigenvalue weighted by atomic mass is 9.93. The Kier molecular flexibility index (Phi) is 7.20. The molecule has 1 atom stereocenters. The summed E-state index contributed by atoms with van der Waals surface area (Å²) in [6.07, 6.45) is 0.645. The number of carbonyl (C=O) groups is 2. The molecule has 0 saturated carbocycles. The number of nitrogens with zero attached hydrogens (tertiary/aromatic N) is 1. The van der Waals surface area contributed by atoms with Gasteiger partial charge in [0.25, 0.3) is 5.91 Å². The zero-order chi connectivity index (χ0) is 24.9. The monoisotopic (exact) mass is 471 g/mol. The summed E-state index contributed by atoms with van der Waals surface area (Å²) in [4.78, 5) is 28.2. The van der Waals surface area contributed by atoms with E-state index in [4.69, 9.17) is 9.47 Å². The first-order valence-corrected chi connectivity index (χ1v) is 11.6. The number of benzene rings is 3. The van der Waals surface area contributed by atoms with Crippen LogP contribution in [0.15, 0.2) is 90.2 Å². The molecule has 1 N–H and O–H groups in total. The number of ether oxygens (including phenoxy) is 2. The van der Waals surface area contributed by atoms with E-state index < -0.39 is 17.7 Å². The van der Waals surface area contributed by atoms with E-state index in [-0.39, 0.29) is 23.9 Å². The largest absolute Gasteiger partial charge is 0.503 e. The van der Waals surface area contributed by atoms with Gasteiger partial charge in [-0.05, 0) is 67.8 Å². The maximum atomic E-state index is 13.5. The van der Waals surface area contributed by atoms with E-state index in [9.17, 15) is 14.7 Å². The van der Waals surface area contributed by atoms with Crippen molar-refractivity contribution >= 4 is 17.4 Å². The van der Waals surface area contributed by atoms with Crippen LogP contribution in [0.4, 0.5) is 5.69 Å². The maximum Gasteiger partial charge on any atom is 0.294 e. The van der Waals surface area contributed by atoms with Gasteiger partial charge in [-0.2, -0.15) is 0 Å². The zero-order valence-electron chi connectivity index (χ0n) is 20.1. The van der Waals surface area contributed by atoms with Crippen LogP contribution in [-0.2, 0) is 16.0 Å². The van der Waals surface area contributed by atoms with E-state index in [1.54, 1.807) is 31.4 Å². The fourth-order valence-electron chi connectivity index (χ4n) is 4.28. The second-order valence-corrected chi connectivity index (χ2v) is 8.69. The number of aryl methyl sites for hydroxylation is 1. The van der Waals surface area contributed by atoms with Crippen molar-refractivity contribution in [1.29, 1.82) is 0 Å². The summed E-state index contributed by atoms with van der Waals surface area (Å²) in [7, 11) is 1.57. The molecule has 3 aromatic rings. The summed E-state index contributed by atoms with van der Waals surface area (Å²) >= 11 is 0.